The van der Waals surface area contributed by atoms with E-state index >= 15 is 0 Å². The zero-order valence-electron chi connectivity index (χ0n) is 8.72. The molecule has 0 aliphatic rings. The van der Waals surface area contributed by atoms with Gasteiger partial charge in [-0.05, 0) is 18.7 Å². The van der Waals surface area contributed by atoms with Gasteiger partial charge in [-0.25, -0.2) is 4.68 Å². The predicted octanol–water partition coefficient (Wildman–Crippen LogP) is 1.38. The summed E-state index contributed by atoms with van der Waals surface area (Å²) in [6.45, 7) is 3.93. The highest BCUT2D eigenvalue weighted by atomic mass is 15.3. The normalized spacial score (nSPS) is 10.5. The molecule has 78 valence electrons. The molecule has 4 nitrogen and oxygen atoms in total. The highest BCUT2D eigenvalue weighted by molar-refractivity contribution is 5.28. The second-order valence-corrected chi connectivity index (χ2v) is 3.28. The molecule has 4 heteroatoms. The van der Waals surface area contributed by atoms with E-state index in [0.29, 0.717) is 0 Å². The highest BCUT2D eigenvalue weighted by Crippen LogP contribution is 2.06. The topological polar surface area (TPSA) is 42.7 Å². The van der Waals surface area contributed by atoms with Crippen molar-refractivity contribution in [1.82, 2.24) is 20.1 Å². The van der Waals surface area contributed by atoms with Gasteiger partial charge in [-0.15, -0.1) is 0 Å². The minimum atomic E-state index is 0.863. The van der Waals surface area contributed by atoms with E-state index < -0.39 is 0 Å². The molecule has 2 aromatic rings. The van der Waals surface area contributed by atoms with Crippen LogP contribution in [-0.2, 0) is 6.54 Å². The summed E-state index contributed by atoms with van der Waals surface area (Å²) >= 11 is 0. The van der Waals surface area contributed by atoms with E-state index in [9.17, 15) is 0 Å². The van der Waals surface area contributed by atoms with E-state index in [0.717, 1.165) is 18.8 Å². The molecule has 0 radical (unpaired) electrons. The zero-order valence-corrected chi connectivity index (χ0v) is 8.72. The minimum Gasteiger partial charge on any atom is -0.313 e. The lowest BCUT2D eigenvalue weighted by molar-refractivity contribution is 0.726. The maximum absolute atomic E-state index is 4.29. The zero-order chi connectivity index (χ0) is 10.5. The Morgan fingerprint density at radius 3 is 2.87 bits per heavy atom. The Kier molecular flexibility index (Phi) is 3.09. The first-order valence-electron chi connectivity index (χ1n) is 5.05. The van der Waals surface area contributed by atoms with Crippen molar-refractivity contribution < 1.29 is 0 Å². The summed E-state index contributed by atoms with van der Waals surface area (Å²) in [6.07, 6.45) is 7.43. The number of nitrogens with one attached hydrogen (secondary N) is 1. The van der Waals surface area contributed by atoms with Crippen LogP contribution < -0.4 is 5.32 Å². The highest BCUT2D eigenvalue weighted by Gasteiger charge is 1.99. The van der Waals surface area contributed by atoms with Crippen LogP contribution in [0.25, 0.3) is 5.69 Å². The Balaban J connectivity index is 2.14. The van der Waals surface area contributed by atoms with Gasteiger partial charge in [-0.3, -0.25) is 4.98 Å². The monoisotopic (exact) mass is 202 g/mol. The van der Waals surface area contributed by atoms with E-state index in [1.807, 2.05) is 29.2 Å². The third kappa shape index (κ3) is 2.41. The van der Waals surface area contributed by atoms with Crippen LogP contribution in [-0.4, -0.2) is 21.3 Å². The molecule has 0 saturated heterocycles. The third-order valence-electron chi connectivity index (χ3n) is 2.14. The molecule has 2 heterocycles. The van der Waals surface area contributed by atoms with Gasteiger partial charge in [0.1, 0.15) is 0 Å². The molecule has 0 aromatic carbocycles. The minimum absolute atomic E-state index is 0.863. The fourth-order valence-electron chi connectivity index (χ4n) is 1.36. The van der Waals surface area contributed by atoms with Crippen LogP contribution in [0.15, 0.2) is 36.9 Å². The van der Waals surface area contributed by atoms with Gasteiger partial charge >= 0.3 is 0 Å². The summed E-state index contributed by atoms with van der Waals surface area (Å²) < 4.78 is 1.86. The lowest BCUT2D eigenvalue weighted by Gasteiger charge is -1.99. The van der Waals surface area contributed by atoms with Crippen LogP contribution in [0.5, 0.6) is 0 Å². The van der Waals surface area contributed by atoms with Crippen LogP contribution in [0.3, 0.4) is 0 Å². The molecular weight excluding hydrogens is 188 g/mol. The Morgan fingerprint density at radius 1 is 1.33 bits per heavy atom. The Bertz CT molecular complexity index is 408. The molecular formula is C11H14N4. The fourth-order valence-corrected chi connectivity index (χ4v) is 1.36. The van der Waals surface area contributed by atoms with Crippen molar-refractivity contribution in [3.8, 4) is 5.69 Å². The summed E-state index contributed by atoms with van der Waals surface area (Å²) in [7, 11) is 0. The van der Waals surface area contributed by atoms with Crippen molar-refractivity contribution in [2.45, 2.75) is 13.5 Å². The molecule has 1 N–H and O–H groups in total. The molecule has 2 rings (SSSR count). The smallest absolute Gasteiger partial charge is 0.0676 e. The second kappa shape index (κ2) is 4.70. The van der Waals surface area contributed by atoms with Crippen LogP contribution in [0.1, 0.15) is 12.5 Å². The first kappa shape index (κ1) is 9.86. The van der Waals surface area contributed by atoms with E-state index in [2.05, 4.69) is 22.3 Å². The lowest BCUT2D eigenvalue weighted by Crippen LogP contribution is -2.10. The molecule has 0 atom stereocenters. The standard InChI is InChI=1S/C11H14N4/c1-2-12-7-10-8-14-15(9-10)11-3-5-13-6-4-11/h3-6,8-9,12H,2,7H2,1H3. The van der Waals surface area contributed by atoms with Gasteiger partial charge in [-0.2, -0.15) is 5.10 Å². The first-order valence-corrected chi connectivity index (χ1v) is 5.05. The van der Waals surface area contributed by atoms with Crippen molar-refractivity contribution >= 4 is 0 Å². The Hall–Kier alpha value is -1.68. The van der Waals surface area contributed by atoms with E-state index in [1.54, 1.807) is 12.4 Å². The van der Waals surface area contributed by atoms with E-state index in [1.165, 1.54) is 5.56 Å². The van der Waals surface area contributed by atoms with E-state index in [-0.39, 0.29) is 0 Å². The van der Waals surface area contributed by atoms with E-state index in [4.69, 9.17) is 0 Å². The van der Waals surface area contributed by atoms with Crippen LogP contribution in [0, 0.1) is 0 Å². The van der Waals surface area contributed by atoms with Crippen molar-refractivity contribution in [3.63, 3.8) is 0 Å². The summed E-state index contributed by atoms with van der Waals surface area (Å²) in [5, 5.41) is 7.55. The Morgan fingerprint density at radius 2 is 2.13 bits per heavy atom. The second-order valence-electron chi connectivity index (χ2n) is 3.28. The summed E-state index contributed by atoms with van der Waals surface area (Å²) in [5.74, 6) is 0. The summed E-state index contributed by atoms with van der Waals surface area (Å²) in [6, 6.07) is 3.87. The van der Waals surface area contributed by atoms with Crippen molar-refractivity contribution in [2.75, 3.05) is 6.54 Å². The van der Waals surface area contributed by atoms with Gasteiger partial charge in [0, 0.05) is 30.7 Å². The molecule has 0 fully saturated rings. The lowest BCUT2D eigenvalue weighted by atomic mass is 10.3. The molecule has 0 aliphatic heterocycles. The maximum atomic E-state index is 4.29. The quantitative estimate of drug-likeness (QED) is 0.814. The number of nitrogens with zero attached hydrogens (tertiary/aromatic N) is 3. The van der Waals surface area contributed by atoms with Crippen LogP contribution in [0.2, 0.25) is 0 Å². The molecule has 0 aliphatic carbocycles. The molecule has 0 saturated carbocycles. The first-order chi connectivity index (χ1) is 7.40. The van der Waals surface area contributed by atoms with Gasteiger partial charge < -0.3 is 5.32 Å². The number of rotatable bonds is 4. The number of pyridine rings is 1. The van der Waals surface area contributed by atoms with Gasteiger partial charge in [0.25, 0.3) is 0 Å². The molecule has 0 unspecified atom stereocenters. The number of hydrogen-bond donors (Lipinski definition) is 1. The average Bonchev–Trinajstić information content (AvgIpc) is 2.76. The van der Waals surface area contributed by atoms with Gasteiger partial charge in [-0.1, -0.05) is 6.92 Å². The van der Waals surface area contributed by atoms with Crippen molar-refractivity contribution in [3.05, 3.63) is 42.5 Å². The molecule has 0 bridgehead atoms. The summed E-state index contributed by atoms with van der Waals surface area (Å²) in [4.78, 5) is 3.97. The molecule has 0 amide bonds. The van der Waals surface area contributed by atoms with Gasteiger partial charge in [0.2, 0.25) is 0 Å². The molecule has 0 spiro atoms. The molecule has 2 aromatic heterocycles. The van der Waals surface area contributed by atoms with Gasteiger partial charge in [0.05, 0.1) is 11.9 Å². The molecule has 15 heavy (non-hydrogen) atoms. The SMILES string of the molecule is CCNCc1cnn(-c2ccncc2)c1. The predicted molar refractivity (Wildman–Crippen MR) is 58.7 cm³/mol. The third-order valence-corrected chi connectivity index (χ3v) is 2.14. The fraction of sp³-hybridized carbons (Fsp3) is 0.273. The van der Waals surface area contributed by atoms with Crippen LogP contribution in [0.4, 0.5) is 0 Å². The largest absolute Gasteiger partial charge is 0.313 e. The summed E-state index contributed by atoms with van der Waals surface area (Å²) in [5.41, 5.74) is 2.22. The van der Waals surface area contributed by atoms with Gasteiger partial charge in [0.15, 0.2) is 0 Å². The van der Waals surface area contributed by atoms with Crippen LogP contribution >= 0.6 is 0 Å². The number of aromatic nitrogens is 3. The van der Waals surface area contributed by atoms with Crippen molar-refractivity contribution in [2.24, 2.45) is 0 Å². The van der Waals surface area contributed by atoms with Crippen molar-refractivity contribution in [1.29, 1.82) is 0 Å². The Labute approximate surface area is 89.0 Å². The maximum Gasteiger partial charge on any atom is 0.0676 e. The number of hydrogen-bond acceptors (Lipinski definition) is 3. The average molecular weight is 202 g/mol.